The van der Waals surface area contributed by atoms with Crippen molar-refractivity contribution in [2.75, 3.05) is 19.8 Å². The molecule has 1 aromatic rings. The molecule has 1 aliphatic rings. The van der Waals surface area contributed by atoms with Crippen LogP contribution in [0, 0.1) is 11.8 Å². The molecule has 0 spiro atoms. The molecule has 7 heteroatoms. The minimum absolute atomic E-state index is 0.00736. The highest BCUT2D eigenvalue weighted by molar-refractivity contribution is 5.66. The molecule has 1 saturated heterocycles. The molecular weight excluding hydrogens is 364 g/mol. The molecule has 0 aliphatic carbocycles. The molecule has 2 rings (SSSR count). The van der Waals surface area contributed by atoms with Crippen LogP contribution >= 0.6 is 0 Å². The average molecular weight is 394 g/mol. The van der Waals surface area contributed by atoms with E-state index >= 15 is 0 Å². The van der Waals surface area contributed by atoms with Crippen LogP contribution in [-0.4, -0.2) is 50.3 Å². The van der Waals surface area contributed by atoms with Gasteiger partial charge < -0.3 is 23.7 Å². The second-order valence-electron chi connectivity index (χ2n) is 7.05. The Morgan fingerprint density at radius 1 is 1.00 bits per heavy atom. The van der Waals surface area contributed by atoms with Gasteiger partial charge in [0, 0.05) is 25.7 Å². The summed E-state index contributed by atoms with van der Waals surface area (Å²) < 4.78 is 28.0. The third kappa shape index (κ3) is 6.89. The van der Waals surface area contributed by atoms with Crippen molar-refractivity contribution in [3.63, 3.8) is 0 Å². The van der Waals surface area contributed by atoms with Crippen molar-refractivity contribution in [3.05, 3.63) is 35.9 Å². The van der Waals surface area contributed by atoms with E-state index in [0.29, 0.717) is 19.8 Å². The summed E-state index contributed by atoms with van der Waals surface area (Å²) >= 11 is 0. The maximum atomic E-state index is 11.5. The predicted molar refractivity (Wildman–Crippen MR) is 101 cm³/mol. The van der Waals surface area contributed by atoms with Gasteiger partial charge in [-0.1, -0.05) is 44.2 Å². The van der Waals surface area contributed by atoms with E-state index < -0.39 is 30.4 Å². The van der Waals surface area contributed by atoms with Gasteiger partial charge in [0.15, 0.2) is 6.29 Å². The first-order valence-electron chi connectivity index (χ1n) is 9.57. The van der Waals surface area contributed by atoms with Crippen molar-refractivity contribution < 1.29 is 33.3 Å². The number of rotatable bonds is 9. The molecule has 1 heterocycles. The van der Waals surface area contributed by atoms with Gasteiger partial charge in [0.1, 0.15) is 18.8 Å². The van der Waals surface area contributed by atoms with Gasteiger partial charge >= 0.3 is 11.9 Å². The lowest BCUT2D eigenvalue weighted by Gasteiger charge is -2.43. The van der Waals surface area contributed by atoms with Gasteiger partial charge in [-0.25, -0.2) is 0 Å². The molecule has 0 N–H and O–H groups in total. The fourth-order valence-corrected chi connectivity index (χ4v) is 3.15. The predicted octanol–water partition coefficient (Wildman–Crippen LogP) is 2.71. The summed E-state index contributed by atoms with van der Waals surface area (Å²) in [6.45, 7) is 7.97. The zero-order chi connectivity index (χ0) is 20.5. The van der Waals surface area contributed by atoms with Crippen LogP contribution in [0.15, 0.2) is 30.3 Å². The number of hydrogen-bond donors (Lipinski definition) is 0. The number of hydrogen-bond acceptors (Lipinski definition) is 7. The maximum Gasteiger partial charge on any atom is 0.303 e. The minimum atomic E-state index is -0.575. The summed E-state index contributed by atoms with van der Waals surface area (Å²) in [4.78, 5) is 22.6. The van der Waals surface area contributed by atoms with Crippen LogP contribution in [0.25, 0.3) is 0 Å². The molecule has 156 valence electrons. The highest BCUT2D eigenvalue weighted by Gasteiger charge is 2.44. The number of carbonyl (C=O) groups excluding carboxylic acids is 2. The Labute approximate surface area is 166 Å². The van der Waals surface area contributed by atoms with Gasteiger partial charge in [-0.3, -0.25) is 9.59 Å². The van der Waals surface area contributed by atoms with Crippen LogP contribution < -0.4 is 0 Å². The molecule has 28 heavy (non-hydrogen) atoms. The normalized spacial score (nSPS) is 27.2. The van der Waals surface area contributed by atoms with E-state index in [2.05, 4.69) is 0 Å². The van der Waals surface area contributed by atoms with Crippen molar-refractivity contribution in [2.24, 2.45) is 11.8 Å². The highest BCUT2D eigenvalue weighted by atomic mass is 16.7. The van der Waals surface area contributed by atoms with Crippen LogP contribution in [-0.2, 0) is 39.9 Å². The van der Waals surface area contributed by atoms with Gasteiger partial charge in [-0.05, 0) is 5.56 Å². The van der Waals surface area contributed by atoms with Crippen molar-refractivity contribution in [3.8, 4) is 0 Å². The smallest absolute Gasteiger partial charge is 0.303 e. The zero-order valence-corrected chi connectivity index (χ0v) is 17.0. The third-order valence-corrected chi connectivity index (χ3v) is 4.83. The Morgan fingerprint density at radius 2 is 1.71 bits per heavy atom. The maximum absolute atomic E-state index is 11.5. The summed E-state index contributed by atoms with van der Waals surface area (Å²) in [6, 6.07) is 9.91. The van der Waals surface area contributed by atoms with Gasteiger partial charge in [-0.15, -0.1) is 0 Å². The molecule has 5 unspecified atom stereocenters. The Bertz CT molecular complexity index is 618. The number of benzene rings is 1. The lowest BCUT2D eigenvalue weighted by molar-refractivity contribution is -0.275. The summed E-state index contributed by atoms with van der Waals surface area (Å²) in [6.07, 6.45) is -1.57. The van der Waals surface area contributed by atoms with E-state index in [1.165, 1.54) is 13.8 Å². The average Bonchev–Trinajstić information content (AvgIpc) is 2.66. The molecule has 1 fully saturated rings. The first-order valence-corrected chi connectivity index (χ1v) is 9.57. The fourth-order valence-electron chi connectivity index (χ4n) is 3.15. The van der Waals surface area contributed by atoms with E-state index in [1.54, 1.807) is 0 Å². The number of carbonyl (C=O) groups is 2. The summed E-state index contributed by atoms with van der Waals surface area (Å²) in [5.74, 6) is -0.835. The monoisotopic (exact) mass is 394 g/mol. The number of esters is 2. The van der Waals surface area contributed by atoms with Gasteiger partial charge in [0.25, 0.3) is 0 Å². The van der Waals surface area contributed by atoms with Crippen molar-refractivity contribution in [1.82, 2.24) is 0 Å². The van der Waals surface area contributed by atoms with Gasteiger partial charge in [0.2, 0.25) is 0 Å². The molecule has 0 bridgehead atoms. The van der Waals surface area contributed by atoms with Crippen LogP contribution in [0.3, 0.4) is 0 Å². The second-order valence-corrected chi connectivity index (χ2v) is 7.05. The molecule has 0 radical (unpaired) electrons. The summed E-state index contributed by atoms with van der Waals surface area (Å²) in [7, 11) is 0. The zero-order valence-electron chi connectivity index (χ0n) is 17.0. The molecule has 0 aromatic heterocycles. The minimum Gasteiger partial charge on any atom is -0.463 e. The Kier molecular flexibility index (Phi) is 8.89. The molecule has 1 aliphatic heterocycles. The van der Waals surface area contributed by atoms with Crippen molar-refractivity contribution >= 4 is 11.9 Å². The lowest BCUT2D eigenvalue weighted by Crippen LogP contribution is -2.53. The van der Waals surface area contributed by atoms with Crippen LogP contribution in [0.2, 0.25) is 0 Å². The molecular formula is C21H30O7. The standard InChI is InChI=1S/C21H30O7/c1-14-15(2)21(25-11-10-24-12-18-8-6-5-7-9-18)28-19(13-26-16(3)22)20(14)27-17(4)23/h5-9,14-15,19-21H,10-13H2,1-4H3. The van der Waals surface area contributed by atoms with Crippen LogP contribution in [0.5, 0.6) is 0 Å². The molecule has 0 amide bonds. The van der Waals surface area contributed by atoms with E-state index in [4.69, 9.17) is 23.7 Å². The van der Waals surface area contributed by atoms with Gasteiger partial charge in [0.05, 0.1) is 19.8 Å². The molecule has 7 nitrogen and oxygen atoms in total. The Balaban J connectivity index is 1.85. The van der Waals surface area contributed by atoms with Crippen molar-refractivity contribution in [2.45, 2.75) is 52.8 Å². The summed E-state index contributed by atoms with van der Waals surface area (Å²) in [5.41, 5.74) is 1.10. The lowest BCUT2D eigenvalue weighted by atomic mass is 9.84. The van der Waals surface area contributed by atoms with Crippen LogP contribution in [0.1, 0.15) is 33.3 Å². The third-order valence-electron chi connectivity index (χ3n) is 4.83. The second kappa shape index (κ2) is 11.1. The van der Waals surface area contributed by atoms with E-state index in [-0.39, 0.29) is 18.4 Å². The first-order chi connectivity index (χ1) is 13.4. The number of ether oxygens (including phenoxy) is 5. The van der Waals surface area contributed by atoms with E-state index in [9.17, 15) is 9.59 Å². The fraction of sp³-hybridized carbons (Fsp3) is 0.619. The van der Waals surface area contributed by atoms with E-state index in [0.717, 1.165) is 5.56 Å². The van der Waals surface area contributed by atoms with Crippen molar-refractivity contribution in [1.29, 1.82) is 0 Å². The largest absolute Gasteiger partial charge is 0.463 e. The topological polar surface area (TPSA) is 80.3 Å². The van der Waals surface area contributed by atoms with E-state index in [1.807, 2.05) is 44.2 Å². The Hall–Kier alpha value is -1.96. The molecule has 0 saturated carbocycles. The highest BCUT2D eigenvalue weighted by Crippen LogP contribution is 2.33. The molecule has 1 aromatic carbocycles. The van der Waals surface area contributed by atoms with Gasteiger partial charge in [-0.2, -0.15) is 0 Å². The van der Waals surface area contributed by atoms with Crippen LogP contribution in [0.4, 0.5) is 0 Å². The quantitative estimate of drug-likeness (QED) is 0.470. The molecule has 5 atom stereocenters. The SMILES string of the molecule is CC(=O)OCC1OC(OCCOCc2ccccc2)C(C)C(C)C1OC(C)=O. The first kappa shape index (κ1) is 22.3. The summed E-state index contributed by atoms with van der Waals surface area (Å²) in [5, 5.41) is 0. The Morgan fingerprint density at radius 3 is 2.36 bits per heavy atom.